The van der Waals surface area contributed by atoms with Crippen molar-refractivity contribution in [2.75, 3.05) is 17.7 Å². The predicted molar refractivity (Wildman–Crippen MR) is 157 cm³/mol. The van der Waals surface area contributed by atoms with Crippen molar-refractivity contribution in [3.8, 4) is 5.75 Å². The lowest BCUT2D eigenvalue weighted by atomic mass is 10.2. The number of hydrogen-bond donors (Lipinski definition) is 3. The number of carbonyl (C=O) groups is 3. The third kappa shape index (κ3) is 7.87. The molecule has 1 atom stereocenters. The number of carbonyl (C=O) groups excluding carboxylic acids is 3. The van der Waals surface area contributed by atoms with Crippen LogP contribution in [0.2, 0.25) is 0 Å². The minimum absolute atomic E-state index is 0.0194. The van der Waals surface area contributed by atoms with Gasteiger partial charge in [-0.3, -0.25) is 14.4 Å². The molecule has 3 N–H and O–H groups in total. The highest BCUT2D eigenvalue weighted by molar-refractivity contribution is 8.00. The van der Waals surface area contributed by atoms with E-state index in [0.717, 1.165) is 4.90 Å². The van der Waals surface area contributed by atoms with Crippen LogP contribution in [0, 0.1) is 0 Å². The van der Waals surface area contributed by atoms with Gasteiger partial charge >= 0.3 is 0 Å². The molecule has 0 aliphatic carbocycles. The first-order valence-electron chi connectivity index (χ1n) is 12.6. The van der Waals surface area contributed by atoms with Crippen molar-refractivity contribution in [1.29, 1.82) is 0 Å². The highest BCUT2D eigenvalue weighted by Crippen LogP contribution is 2.29. The monoisotopic (exact) mass is 555 g/mol. The Balaban J connectivity index is 1.46. The molecule has 40 heavy (non-hydrogen) atoms. The molecule has 204 valence electrons. The van der Waals surface area contributed by atoms with Crippen molar-refractivity contribution < 1.29 is 23.5 Å². The van der Waals surface area contributed by atoms with Crippen LogP contribution in [-0.4, -0.2) is 30.1 Å². The van der Waals surface area contributed by atoms with E-state index >= 15 is 0 Å². The number of rotatable bonds is 11. The first-order valence-corrected chi connectivity index (χ1v) is 13.5. The van der Waals surface area contributed by atoms with Gasteiger partial charge in [-0.1, -0.05) is 37.3 Å². The first-order chi connectivity index (χ1) is 19.4. The maximum absolute atomic E-state index is 13.2. The van der Waals surface area contributed by atoms with E-state index in [0.29, 0.717) is 34.9 Å². The molecule has 0 bridgehead atoms. The molecule has 1 unspecified atom stereocenters. The fourth-order valence-electron chi connectivity index (χ4n) is 3.71. The van der Waals surface area contributed by atoms with Gasteiger partial charge in [0.05, 0.1) is 18.6 Å². The largest absolute Gasteiger partial charge is 0.497 e. The van der Waals surface area contributed by atoms with Crippen LogP contribution in [0.1, 0.15) is 29.5 Å². The summed E-state index contributed by atoms with van der Waals surface area (Å²) < 4.78 is 10.6. The van der Waals surface area contributed by atoms with Gasteiger partial charge in [-0.15, -0.1) is 11.8 Å². The Labute approximate surface area is 236 Å². The lowest BCUT2D eigenvalue weighted by molar-refractivity contribution is -0.116. The third-order valence-electron chi connectivity index (χ3n) is 5.73. The molecule has 3 aromatic carbocycles. The summed E-state index contributed by atoms with van der Waals surface area (Å²) in [5, 5.41) is 8.08. The zero-order valence-corrected chi connectivity index (χ0v) is 22.9. The van der Waals surface area contributed by atoms with Crippen molar-refractivity contribution >= 4 is 46.9 Å². The molecule has 8 nitrogen and oxygen atoms in total. The Morgan fingerprint density at radius 1 is 0.900 bits per heavy atom. The summed E-state index contributed by atoms with van der Waals surface area (Å²) in [7, 11) is 1.57. The van der Waals surface area contributed by atoms with Gasteiger partial charge in [-0.05, 0) is 61.0 Å². The number of benzene rings is 3. The van der Waals surface area contributed by atoms with Crippen LogP contribution in [0.15, 0.2) is 112 Å². The molecular formula is C31H29N3O5S. The summed E-state index contributed by atoms with van der Waals surface area (Å²) in [6.45, 7) is 1.94. The molecule has 3 amide bonds. The lowest BCUT2D eigenvalue weighted by Crippen LogP contribution is -2.30. The van der Waals surface area contributed by atoms with Gasteiger partial charge in [0.25, 0.3) is 11.8 Å². The Morgan fingerprint density at radius 3 is 2.35 bits per heavy atom. The third-order valence-corrected chi connectivity index (χ3v) is 7.09. The van der Waals surface area contributed by atoms with Crippen LogP contribution in [0.25, 0.3) is 6.08 Å². The lowest BCUT2D eigenvalue weighted by Gasteiger charge is -2.16. The molecule has 4 aromatic rings. The summed E-state index contributed by atoms with van der Waals surface area (Å²) in [4.78, 5) is 39.8. The van der Waals surface area contributed by atoms with Gasteiger partial charge in [0.15, 0.2) is 0 Å². The standard InChI is InChI=1S/C31H29N3O5S/c1-3-28(31(37)33-22-12-7-14-24(18-22)38-2)40-26-16-8-13-23(19-26)32-30(36)27(20-25-15-9-17-39-25)34-29(35)21-10-5-4-6-11-21/h4-20,28H,3H2,1-2H3,(H,32,36)(H,33,37)(H,34,35)/b27-20-. The van der Waals surface area contributed by atoms with Gasteiger partial charge in [0.1, 0.15) is 17.2 Å². The predicted octanol–water partition coefficient (Wildman–Crippen LogP) is 6.21. The Bertz CT molecular complexity index is 1490. The Hall–Kier alpha value is -4.76. The topological polar surface area (TPSA) is 110 Å². The minimum atomic E-state index is -0.523. The highest BCUT2D eigenvalue weighted by atomic mass is 32.2. The molecule has 4 rings (SSSR count). The van der Waals surface area contributed by atoms with Crippen LogP contribution in [-0.2, 0) is 9.59 Å². The number of amides is 3. The number of hydrogen-bond acceptors (Lipinski definition) is 6. The van der Waals surface area contributed by atoms with E-state index in [4.69, 9.17) is 9.15 Å². The zero-order valence-electron chi connectivity index (χ0n) is 22.0. The molecule has 0 saturated heterocycles. The van der Waals surface area contributed by atoms with E-state index in [9.17, 15) is 14.4 Å². The van der Waals surface area contributed by atoms with Crippen LogP contribution in [0.4, 0.5) is 11.4 Å². The summed E-state index contributed by atoms with van der Waals surface area (Å²) in [6, 6.07) is 26.4. The van der Waals surface area contributed by atoms with Gasteiger partial charge in [-0.2, -0.15) is 0 Å². The minimum Gasteiger partial charge on any atom is -0.497 e. The van der Waals surface area contributed by atoms with E-state index in [-0.39, 0.29) is 16.9 Å². The molecule has 0 aliphatic rings. The molecule has 1 heterocycles. The van der Waals surface area contributed by atoms with Crippen LogP contribution < -0.4 is 20.7 Å². The van der Waals surface area contributed by atoms with E-state index in [1.165, 1.54) is 24.1 Å². The molecule has 0 spiro atoms. The van der Waals surface area contributed by atoms with E-state index in [1.54, 1.807) is 79.9 Å². The SMILES string of the molecule is CCC(Sc1cccc(NC(=O)/C(=C/c2ccco2)NC(=O)c2ccccc2)c1)C(=O)Nc1cccc(OC)c1. The number of nitrogens with one attached hydrogen (secondary N) is 3. The number of methoxy groups -OCH3 is 1. The van der Waals surface area contributed by atoms with E-state index in [2.05, 4.69) is 16.0 Å². The van der Waals surface area contributed by atoms with Crippen molar-refractivity contribution in [2.45, 2.75) is 23.5 Å². The van der Waals surface area contributed by atoms with E-state index < -0.39 is 11.8 Å². The fourth-order valence-corrected chi connectivity index (χ4v) is 4.73. The first kappa shape index (κ1) is 28.3. The Kier molecular flexibility index (Phi) is 9.79. The van der Waals surface area contributed by atoms with Crippen LogP contribution in [0.3, 0.4) is 0 Å². The molecule has 0 saturated carbocycles. The second-order valence-electron chi connectivity index (χ2n) is 8.61. The van der Waals surface area contributed by atoms with Crippen molar-refractivity contribution in [2.24, 2.45) is 0 Å². The number of ether oxygens (including phenoxy) is 1. The second-order valence-corrected chi connectivity index (χ2v) is 9.89. The smallest absolute Gasteiger partial charge is 0.272 e. The van der Waals surface area contributed by atoms with Gasteiger partial charge in [0.2, 0.25) is 5.91 Å². The maximum Gasteiger partial charge on any atom is 0.272 e. The molecule has 1 aromatic heterocycles. The summed E-state index contributed by atoms with van der Waals surface area (Å²) >= 11 is 1.39. The van der Waals surface area contributed by atoms with Gasteiger partial charge in [0, 0.05) is 34.0 Å². The molecule has 0 radical (unpaired) electrons. The maximum atomic E-state index is 13.2. The van der Waals surface area contributed by atoms with Gasteiger partial charge in [-0.25, -0.2) is 0 Å². The van der Waals surface area contributed by atoms with Crippen LogP contribution >= 0.6 is 11.8 Å². The molecule has 9 heteroatoms. The number of furan rings is 1. The average Bonchev–Trinajstić information content (AvgIpc) is 3.49. The van der Waals surface area contributed by atoms with Crippen molar-refractivity contribution in [1.82, 2.24) is 5.32 Å². The molecular weight excluding hydrogens is 526 g/mol. The highest BCUT2D eigenvalue weighted by Gasteiger charge is 2.20. The molecule has 0 aliphatic heterocycles. The fraction of sp³-hybridized carbons (Fsp3) is 0.129. The number of thioether (sulfide) groups is 1. The van der Waals surface area contributed by atoms with Gasteiger partial charge < -0.3 is 25.1 Å². The average molecular weight is 556 g/mol. The summed E-state index contributed by atoms with van der Waals surface area (Å²) in [6.07, 6.45) is 3.54. The normalized spacial score (nSPS) is 11.8. The van der Waals surface area contributed by atoms with Crippen molar-refractivity contribution in [3.05, 3.63) is 114 Å². The second kappa shape index (κ2) is 13.9. The summed E-state index contributed by atoms with van der Waals surface area (Å²) in [5.74, 6) is -0.0168. The number of anilines is 2. The van der Waals surface area contributed by atoms with Crippen LogP contribution in [0.5, 0.6) is 5.75 Å². The zero-order chi connectivity index (χ0) is 28.3. The van der Waals surface area contributed by atoms with Crippen molar-refractivity contribution in [3.63, 3.8) is 0 Å². The van der Waals surface area contributed by atoms with E-state index in [1.807, 2.05) is 25.1 Å². The summed E-state index contributed by atoms with van der Waals surface area (Å²) in [5.41, 5.74) is 1.60. The molecule has 0 fully saturated rings. The quantitative estimate of drug-likeness (QED) is 0.150. The Morgan fingerprint density at radius 2 is 1.65 bits per heavy atom.